The largest absolute Gasteiger partial charge is 0.458 e. The maximum atomic E-state index is 12.4. The van der Waals surface area contributed by atoms with Crippen LogP contribution < -0.4 is 0 Å². The molecule has 2 aliphatic heterocycles. The number of hydrogen-bond donors (Lipinski definition) is 8. The quantitative estimate of drug-likeness (QED) is 0.140. The molecule has 1 saturated heterocycles. The van der Waals surface area contributed by atoms with Gasteiger partial charge in [0.15, 0.2) is 6.29 Å². The summed E-state index contributed by atoms with van der Waals surface area (Å²) < 4.78 is 16.7. The minimum absolute atomic E-state index is 0.0369. The molecule has 8 N–H and O–H groups in total. The van der Waals surface area contributed by atoms with Gasteiger partial charge in [-0.25, -0.2) is 4.79 Å². The Hall–Kier alpha value is -1.19. The minimum atomic E-state index is -1.67. The first-order chi connectivity index (χ1) is 19.2. The second-order valence-corrected chi connectivity index (χ2v) is 13.8. The van der Waals surface area contributed by atoms with Crippen LogP contribution in [0.25, 0.3) is 0 Å². The Morgan fingerprint density at radius 1 is 1.02 bits per heavy atom. The van der Waals surface area contributed by atoms with Crippen LogP contribution in [0.3, 0.4) is 0 Å². The summed E-state index contributed by atoms with van der Waals surface area (Å²) in [5.74, 6) is -1.93. The van der Waals surface area contributed by atoms with Gasteiger partial charge < -0.3 is 55.1 Å². The molecule has 2 heterocycles. The van der Waals surface area contributed by atoms with E-state index in [4.69, 9.17) is 14.2 Å². The van der Waals surface area contributed by atoms with E-state index in [1.54, 1.807) is 0 Å². The van der Waals surface area contributed by atoms with E-state index in [1.807, 2.05) is 6.92 Å². The molecule has 0 aromatic rings. The second kappa shape index (κ2) is 9.91. The minimum Gasteiger partial charge on any atom is -0.458 e. The maximum Gasteiger partial charge on any atom is 0.331 e. The molecule has 12 nitrogen and oxygen atoms in total. The molecule has 6 aliphatic rings. The van der Waals surface area contributed by atoms with Crippen molar-refractivity contribution >= 4 is 5.97 Å². The van der Waals surface area contributed by atoms with Crippen LogP contribution in [0.2, 0.25) is 0 Å². The van der Waals surface area contributed by atoms with Gasteiger partial charge in [-0.3, -0.25) is 0 Å². The van der Waals surface area contributed by atoms with E-state index in [-0.39, 0.29) is 38.2 Å². The highest BCUT2D eigenvalue weighted by molar-refractivity contribution is 5.85. The van der Waals surface area contributed by atoms with Crippen molar-refractivity contribution in [3.63, 3.8) is 0 Å². The van der Waals surface area contributed by atoms with E-state index in [0.29, 0.717) is 19.3 Å². The van der Waals surface area contributed by atoms with Crippen molar-refractivity contribution in [3.8, 4) is 0 Å². The van der Waals surface area contributed by atoms with Gasteiger partial charge in [0.25, 0.3) is 0 Å². The monoisotopic (exact) mass is 584 g/mol. The molecule has 6 rings (SSSR count). The Kier molecular flexibility index (Phi) is 7.22. The predicted molar refractivity (Wildman–Crippen MR) is 139 cm³/mol. The average Bonchev–Trinajstić information content (AvgIpc) is 3.45. The summed E-state index contributed by atoms with van der Waals surface area (Å²) in [4.78, 5) is 11.8. The maximum absolute atomic E-state index is 12.4. The molecule has 0 bridgehead atoms. The van der Waals surface area contributed by atoms with E-state index in [2.05, 4.69) is 0 Å². The van der Waals surface area contributed by atoms with Gasteiger partial charge in [-0.15, -0.1) is 0 Å². The Morgan fingerprint density at radius 3 is 2.41 bits per heavy atom. The van der Waals surface area contributed by atoms with Crippen molar-refractivity contribution in [1.29, 1.82) is 0 Å². The Labute approximate surface area is 238 Å². The fraction of sp³-hybridized carbons (Fsp3) is 0.897. The fourth-order valence-electron chi connectivity index (χ4n) is 10.1. The van der Waals surface area contributed by atoms with Crippen molar-refractivity contribution in [3.05, 3.63) is 11.6 Å². The molecule has 4 aliphatic carbocycles. The van der Waals surface area contributed by atoms with Gasteiger partial charge in [0, 0.05) is 30.3 Å². The summed E-state index contributed by atoms with van der Waals surface area (Å²) in [6, 6.07) is 0. The molecule has 12 heteroatoms. The zero-order chi connectivity index (χ0) is 29.7. The van der Waals surface area contributed by atoms with Gasteiger partial charge in [-0.05, 0) is 56.4 Å². The Balaban J connectivity index is 1.28. The number of carbonyl (C=O) groups excluding carboxylic acids is 1. The third-order valence-corrected chi connectivity index (χ3v) is 12.2. The van der Waals surface area contributed by atoms with Crippen LogP contribution in [-0.2, 0) is 19.0 Å². The highest BCUT2D eigenvalue weighted by atomic mass is 16.7. The number of cyclic esters (lactones) is 1. The zero-order valence-corrected chi connectivity index (χ0v) is 23.5. The lowest BCUT2D eigenvalue weighted by Gasteiger charge is -2.68. The van der Waals surface area contributed by atoms with Crippen molar-refractivity contribution in [2.24, 2.45) is 28.6 Å². The third kappa shape index (κ3) is 3.99. The topological polar surface area (TPSA) is 207 Å². The first-order valence-electron chi connectivity index (χ1n) is 14.9. The second-order valence-electron chi connectivity index (χ2n) is 13.8. The smallest absolute Gasteiger partial charge is 0.331 e. The fourth-order valence-corrected chi connectivity index (χ4v) is 10.1. The van der Waals surface area contributed by atoms with E-state index < -0.39 is 95.5 Å². The number of aliphatic hydroxyl groups is 8. The van der Waals surface area contributed by atoms with Gasteiger partial charge in [-0.2, -0.15) is 0 Å². The third-order valence-electron chi connectivity index (χ3n) is 12.2. The van der Waals surface area contributed by atoms with Crippen LogP contribution in [-0.4, -0.2) is 120 Å². The lowest BCUT2D eigenvalue weighted by atomic mass is 9.40. The molecule has 41 heavy (non-hydrogen) atoms. The number of rotatable bonds is 4. The lowest BCUT2D eigenvalue weighted by molar-refractivity contribution is -0.342. The van der Waals surface area contributed by atoms with E-state index in [9.17, 15) is 45.6 Å². The highest BCUT2D eigenvalue weighted by Crippen LogP contribution is 2.70. The number of hydrogen-bond acceptors (Lipinski definition) is 12. The summed E-state index contributed by atoms with van der Waals surface area (Å²) in [5.41, 5.74) is -4.46. The summed E-state index contributed by atoms with van der Waals surface area (Å²) in [5, 5.41) is 89.6. The molecule has 10 unspecified atom stereocenters. The van der Waals surface area contributed by atoms with Crippen LogP contribution in [0.4, 0.5) is 0 Å². The van der Waals surface area contributed by atoms with Gasteiger partial charge in [0.1, 0.15) is 24.9 Å². The first kappa shape index (κ1) is 29.9. The first-order valence-corrected chi connectivity index (χ1v) is 14.9. The molecule has 15 atom stereocenters. The number of aliphatic hydroxyl groups excluding tert-OH is 6. The lowest BCUT2D eigenvalue weighted by Crippen LogP contribution is -2.76. The molecule has 0 amide bonds. The zero-order valence-electron chi connectivity index (χ0n) is 23.5. The van der Waals surface area contributed by atoms with Crippen LogP contribution in [0.15, 0.2) is 11.6 Å². The van der Waals surface area contributed by atoms with Crippen molar-refractivity contribution in [2.45, 2.75) is 119 Å². The molecule has 5 fully saturated rings. The normalized spacial score (nSPS) is 56.9. The molecule has 0 aromatic carbocycles. The number of carbonyl (C=O) groups is 1. The summed E-state index contributed by atoms with van der Waals surface area (Å²) in [6.07, 6.45) is -6.68. The molecular formula is C29H44O12. The molecule has 4 saturated carbocycles. The average molecular weight is 585 g/mol. The number of ether oxygens (including phenoxy) is 3. The predicted octanol–water partition coefficient (Wildman–Crippen LogP) is -1.51. The van der Waals surface area contributed by atoms with Crippen LogP contribution in [0.5, 0.6) is 0 Å². The summed E-state index contributed by atoms with van der Waals surface area (Å²) in [6.45, 7) is 3.00. The molecule has 0 spiro atoms. The number of esters is 1. The van der Waals surface area contributed by atoms with Crippen molar-refractivity contribution < 1.29 is 59.9 Å². The van der Waals surface area contributed by atoms with Crippen molar-refractivity contribution in [2.75, 3.05) is 13.2 Å². The van der Waals surface area contributed by atoms with Crippen LogP contribution >= 0.6 is 0 Å². The van der Waals surface area contributed by atoms with E-state index in [0.717, 1.165) is 5.57 Å². The Morgan fingerprint density at radius 2 is 1.76 bits per heavy atom. The van der Waals surface area contributed by atoms with Crippen LogP contribution in [0.1, 0.15) is 58.8 Å². The van der Waals surface area contributed by atoms with E-state index in [1.165, 1.54) is 13.0 Å². The Bertz CT molecular complexity index is 1080. The van der Waals surface area contributed by atoms with E-state index >= 15 is 0 Å². The standard InChI is InChI=1S/C29H44O12/c1-13-22(34)23(35)24(36)25(40-13)41-15-8-19(32)28(12-30)21-17(3-5-27(28,37)9-15)29(38)6-4-16(14-7-20(33)39-11-14)26(29,2)10-18(21)31/h7,13,15-19,21-25,30-32,34-38H,3-6,8-12H2,1-2H3/t13-,15?,16?,17?,18?,19?,21?,22-,23+,24+,25-,26?,27?,28?,29?/m0/s1. The van der Waals surface area contributed by atoms with Gasteiger partial charge in [0.05, 0.1) is 47.6 Å². The molecule has 0 radical (unpaired) electrons. The van der Waals surface area contributed by atoms with Gasteiger partial charge in [0.2, 0.25) is 0 Å². The SMILES string of the molecule is C[C@@H]1O[C@@H](OC2CC(O)C3(CO)C4C(O)CC5(C)C(C6=CC(=O)OC6)CCC5(O)C4CCC3(O)C2)[C@H](O)[C@H](O)[C@H]1O. The van der Waals surface area contributed by atoms with Crippen LogP contribution in [0, 0.1) is 28.6 Å². The van der Waals surface area contributed by atoms with Crippen molar-refractivity contribution in [1.82, 2.24) is 0 Å². The molecular weight excluding hydrogens is 540 g/mol. The van der Waals surface area contributed by atoms with Gasteiger partial charge >= 0.3 is 5.97 Å². The molecule has 232 valence electrons. The number of fused-ring (bicyclic) bond motifs is 5. The highest BCUT2D eigenvalue weighted by Gasteiger charge is 2.75. The molecule has 0 aromatic heterocycles. The van der Waals surface area contributed by atoms with Gasteiger partial charge in [-0.1, -0.05) is 6.92 Å². The summed E-state index contributed by atoms with van der Waals surface area (Å²) >= 11 is 0. The summed E-state index contributed by atoms with van der Waals surface area (Å²) in [7, 11) is 0.